The van der Waals surface area contributed by atoms with E-state index in [1.165, 1.54) is 0 Å². The number of carbonyl (C=O) groups excluding carboxylic acids is 1. The van der Waals surface area contributed by atoms with E-state index in [0.29, 0.717) is 19.4 Å². The van der Waals surface area contributed by atoms with Crippen LogP contribution in [0, 0.1) is 0 Å². The Morgan fingerprint density at radius 1 is 1.33 bits per heavy atom. The quantitative estimate of drug-likeness (QED) is 0.840. The number of aliphatic carboxylic acids is 1. The molecule has 0 radical (unpaired) electrons. The summed E-state index contributed by atoms with van der Waals surface area (Å²) in [5.74, 6) is -0.915. The van der Waals surface area contributed by atoms with Gasteiger partial charge in [0.15, 0.2) is 0 Å². The van der Waals surface area contributed by atoms with E-state index in [-0.39, 0.29) is 6.03 Å². The minimum Gasteiger partial charge on any atom is -0.480 e. The molecule has 0 unspecified atom stereocenters. The number of amides is 2. The van der Waals surface area contributed by atoms with Crippen molar-refractivity contribution in [1.29, 1.82) is 0 Å². The second-order valence-corrected chi connectivity index (χ2v) is 6.70. The zero-order chi connectivity index (χ0) is 15.3. The molecule has 116 valence electrons. The van der Waals surface area contributed by atoms with Crippen LogP contribution in [-0.2, 0) is 11.3 Å². The smallest absolute Gasteiger partial charge is 0.329 e. The molecule has 5 nitrogen and oxygen atoms in total. The lowest BCUT2D eigenvalue weighted by Crippen LogP contribution is -2.57. The number of nitrogens with one attached hydrogen (secondary N) is 1. The zero-order valence-electron chi connectivity index (χ0n) is 12.3. The molecule has 1 saturated carbocycles. The molecule has 21 heavy (non-hydrogen) atoms. The Kier molecular flexibility index (Phi) is 5.22. The van der Waals surface area contributed by atoms with E-state index in [1.54, 1.807) is 23.3 Å². The molecule has 2 amide bonds. The number of carboxylic acids is 1. The first-order valence-electron chi connectivity index (χ1n) is 7.32. The Morgan fingerprint density at radius 2 is 2.00 bits per heavy atom. The zero-order valence-corrected chi connectivity index (χ0v) is 13.1. The van der Waals surface area contributed by atoms with Crippen LogP contribution in [0.1, 0.15) is 43.4 Å². The minimum absolute atomic E-state index is 0.312. The second kappa shape index (κ2) is 6.93. The van der Waals surface area contributed by atoms with Crippen LogP contribution in [0.15, 0.2) is 17.5 Å². The van der Waals surface area contributed by atoms with Crippen LogP contribution in [0.25, 0.3) is 0 Å². The third-order valence-electron chi connectivity index (χ3n) is 4.03. The molecule has 6 heteroatoms. The summed E-state index contributed by atoms with van der Waals surface area (Å²) in [6, 6.07) is 3.59. The molecule has 1 aromatic heterocycles. The van der Waals surface area contributed by atoms with Crippen LogP contribution in [0.3, 0.4) is 0 Å². The lowest BCUT2D eigenvalue weighted by Gasteiger charge is -2.31. The van der Waals surface area contributed by atoms with Crippen molar-refractivity contribution >= 4 is 23.3 Å². The van der Waals surface area contributed by atoms with Gasteiger partial charge in [0.25, 0.3) is 0 Å². The summed E-state index contributed by atoms with van der Waals surface area (Å²) in [5.41, 5.74) is -1.10. The number of hydrogen-bond donors (Lipinski definition) is 2. The normalized spacial score (nSPS) is 17.8. The summed E-state index contributed by atoms with van der Waals surface area (Å²) in [5, 5.41) is 14.3. The van der Waals surface area contributed by atoms with E-state index in [1.807, 2.05) is 17.5 Å². The van der Waals surface area contributed by atoms with Gasteiger partial charge in [-0.05, 0) is 24.3 Å². The van der Waals surface area contributed by atoms with Crippen LogP contribution in [0.5, 0.6) is 0 Å². The Hall–Kier alpha value is -1.56. The Bertz CT molecular complexity index is 479. The van der Waals surface area contributed by atoms with Crippen LogP contribution < -0.4 is 5.32 Å². The maximum Gasteiger partial charge on any atom is 0.329 e. The van der Waals surface area contributed by atoms with Gasteiger partial charge >= 0.3 is 12.0 Å². The predicted molar refractivity (Wildman–Crippen MR) is 82.4 cm³/mol. The van der Waals surface area contributed by atoms with Gasteiger partial charge in [-0.2, -0.15) is 0 Å². The Balaban J connectivity index is 2.02. The molecule has 0 spiro atoms. The van der Waals surface area contributed by atoms with Crippen LogP contribution >= 0.6 is 11.3 Å². The monoisotopic (exact) mass is 310 g/mol. The molecule has 1 heterocycles. The molecule has 1 aromatic rings. The Labute approximate surface area is 129 Å². The fraction of sp³-hybridized carbons (Fsp3) is 0.600. The summed E-state index contributed by atoms with van der Waals surface area (Å²) in [4.78, 5) is 26.6. The molecule has 1 aliphatic rings. The van der Waals surface area contributed by atoms with Crippen molar-refractivity contribution in [2.75, 3.05) is 7.05 Å². The molecule has 0 aromatic carbocycles. The van der Waals surface area contributed by atoms with Gasteiger partial charge in [-0.15, -0.1) is 11.3 Å². The van der Waals surface area contributed by atoms with Crippen molar-refractivity contribution in [3.8, 4) is 0 Å². The van der Waals surface area contributed by atoms with Crippen molar-refractivity contribution in [2.24, 2.45) is 0 Å². The number of nitrogens with zero attached hydrogens (tertiary/aromatic N) is 1. The maximum atomic E-state index is 12.3. The third-order valence-corrected chi connectivity index (χ3v) is 4.89. The first kappa shape index (κ1) is 15.8. The molecular weight excluding hydrogens is 288 g/mol. The topological polar surface area (TPSA) is 69.6 Å². The lowest BCUT2D eigenvalue weighted by molar-refractivity contribution is -0.145. The highest BCUT2D eigenvalue weighted by Gasteiger charge is 2.40. The van der Waals surface area contributed by atoms with Gasteiger partial charge in [0.1, 0.15) is 5.54 Å². The van der Waals surface area contributed by atoms with E-state index < -0.39 is 11.5 Å². The van der Waals surface area contributed by atoms with Crippen molar-refractivity contribution in [1.82, 2.24) is 10.2 Å². The van der Waals surface area contributed by atoms with Crippen molar-refractivity contribution in [2.45, 2.75) is 50.6 Å². The fourth-order valence-electron chi connectivity index (χ4n) is 2.73. The van der Waals surface area contributed by atoms with Crippen molar-refractivity contribution < 1.29 is 14.7 Å². The average Bonchev–Trinajstić information content (AvgIpc) is 2.83. The van der Waals surface area contributed by atoms with Gasteiger partial charge in [0.05, 0.1) is 6.54 Å². The molecular formula is C15H22N2O3S. The predicted octanol–water partition coefficient (Wildman–Crippen LogP) is 3.07. The Morgan fingerprint density at radius 3 is 2.52 bits per heavy atom. The second-order valence-electron chi connectivity index (χ2n) is 5.67. The fourth-order valence-corrected chi connectivity index (χ4v) is 3.49. The summed E-state index contributed by atoms with van der Waals surface area (Å²) < 4.78 is 0. The van der Waals surface area contributed by atoms with Gasteiger partial charge in [0, 0.05) is 11.9 Å². The number of rotatable bonds is 4. The molecule has 2 N–H and O–H groups in total. The van der Waals surface area contributed by atoms with E-state index in [9.17, 15) is 14.7 Å². The van der Waals surface area contributed by atoms with Crippen LogP contribution in [0.4, 0.5) is 4.79 Å². The van der Waals surface area contributed by atoms with E-state index >= 15 is 0 Å². The first-order chi connectivity index (χ1) is 10.0. The molecule has 0 atom stereocenters. The number of carboxylic acid groups (broad SMARTS) is 1. The summed E-state index contributed by atoms with van der Waals surface area (Å²) >= 11 is 1.59. The van der Waals surface area contributed by atoms with Crippen LogP contribution in [0.2, 0.25) is 0 Å². The third kappa shape index (κ3) is 3.97. The number of carbonyl (C=O) groups is 2. The summed E-state index contributed by atoms with van der Waals surface area (Å²) in [6.07, 6.45) is 4.80. The van der Waals surface area contributed by atoms with Gasteiger partial charge in [0.2, 0.25) is 0 Å². The van der Waals surface area contributed by atoms with Gasteiger partial charge < -0.3 is 15.3 Å². The molecule has 0 aliphatic heterocycles. The summed E-state index contributed by atoms with van der Waals surface area (Å²) in [7, 11) is 1.70. The molecule has 2 rings (SSSR count). The van der Waals surface area contributed by atoms with Crippen molar-refractivity contribution in [3.05, 3.63) is 22.4 Å². The minimum atomic E-state index is -1.10. The van der Waals surface area contributed by atoms with Gasteiger partial charge in [-0.25, -0.2) is 9.59 Å². The van der Waals surface area contributed by atoms with E-state index in [2.05, 4.69) is 5.32 Å². The standard InChI is InChI=1S/C15H22N2O3S/c1-17(11-12-7-6-10-21-12)14(20)16-15(13(18)19)8-4-2-3-5-9-15/h6-7,10H,2-5,8-9,11H2,1H3,(H,16,20)(H,18,19). The largest absolute Gasteiger partial charge is 0.480 e. The molecule has 1 fully saturated rings. The highest BCUT2D eigenvalue weighted by molar-refractivity contribution is 7.09. The molecule has 1 aliphatic carbocycles. The highest BCUT2D eigenvalue weighted by Crippen LogP contribution is 2.27. The van der Waals surface area contributed by atoms with E-state index in [4.69, 9.17) is 0 Å². The number of urea groups is 1. The van der Waals surface area contributed by atoms with E-state index in [0.717, 1.165) is 30.6 Å². The molecule has 0 saturated heterocycles. The van der Waals surface area contributed by atoms with Crippen LogP contribution in [-0.4, -0.2) is 34.6 Å². The average molecular weight is 310 g/mol. The number of thiophene rings is 1. The highest BCUT2D eigenvalue weighted by atomic mass is 32.1. The van der Waals surface area contributed by atoms with Gasteiger partial charge in [-0.1, -0.05) is 31.7 Å². The maximum absolute atomic E-state index is 12.3. The summed E-state index contributed by atoms with van der Waals surface area (Å²) in [6.45, 7) is 0.499. The first-order valence-corrected chi connectivity index (χ1v) is 8.20. The number of hydrogen-bond acceptors (Lipinski definition) is 3. The van der Waals surface area contributed by atoms with Crippen molar-refractivity contribution in [3.63, 3.8) is 0 Å². The lowest BCUT2D eigenvalue weighted by atomic mass is 9.90. The van der Waals surface area contributed by atoms with Gasteiger partial charge in [-0.3, -0.25) is 0 Å². The molecule has 0 bridgehead atoms. The SMILES string of the molecule is CN(Cc1cccs1)C(=O)NC1(C(=O)O)CCCCCC1.